The fourth-order valence-corrected chi connectivity index (χ4v) is 10.4. The molecular weight excluding hydrogens is 757 g/mol. The van der Waals surface area contributed by atoms with Crippen molar-refractivity contribution in [1.29, 1.82) is 0 Å². The molecule has 1 amide bonds. The Morgan fingerprint density at radius 2 is 1.81 bits per heavy atom. The van der Waals surface area contributed by atoms with E-state index in [2.05, 4.69) is 42.1 Å². The Morgan fingerprint density at radius 3 is 2.58 bits per heavy atom. The number of carbonyl (C=O) groups is 2. The van der Waals surface area contributed by atoms with E-state index in [9.17, 15) is 14.7 Å². The van der Waals surface area contributed by atoms with Crippen LogP contribution in [-0.4, -0.2) is 82.3 Å². The molecule has 14 heteroatoms. The van der Waals surface area contributed by atoms with Gasteiger partial charge in [-0.05, 0) is 55.2 Å². The summed E-state index contributed by atoms with van der Waals surface area (Å²) < 4.78 is 44.4. The number of esters is 1. The van der Waals surface area contributed by atoms with Crippen LogP contribution in [-0.2, 0) is 44.6 Å². The number of ether oxygens (including phenoxy) is 7. The van der Waals surface area contributed by atoms with Crippen LogP contribution >= 0.6 is 0 Å². The number of cyclic esters (lactones) is 1. The van der Waals surface area contributed by atoms with Gasteiger partial charge in [0, 0.05) is 29.4 Å². The van der Waals surface area contributed by atoms with Gasteiger partial charge in [0.1, 0.15) is 49.0 Å². The minimum Gasteiger partial charge on any atom is -0.487 e. The Kier molecular flexibility index (Phi) is 10.8. The van der Waals surface area contributed by atoms with Gasteiger partial charge in [0.15, 0.2) is 18.8 Å². The average Bonchev–Trinajstić information content (AvgIpc) is 3.89. The number of aliphatic hydroxyl groups excluding tert-OH is 1. The minimum absolute atomic E-state index is 0.0307. The highest BCUT2D eigenvalue weighted by Crippen LogP contribution is 2.63. The summed E-state index contributed by atoms with van der Waals surface area (Å²) in [5.41, 5.74) is 3.89. The number of benzene rings is 2. The lowest BCUT2D eigenvalue weighted by atomic mass is 9.46. The van der Waals surface area contributed by atoms with Crippen LogP contribution in [0, 0.1) is 22.7 Å². The molecule has 6 aliphatic rings. The lowest BCUT2D eigenvalue weighted by Gasteiger charge is -2.62. The molecule has 9 rings (SSSR count). The van der Waals surface area contributed by atoms with Gasteiger partial charge >= 0.3 is 5.97 Å². The number of hydrogen-bond donors (Lipinski definition) is 2. The average molecular weight is 809 g/mol. The standard InChI is InChI=1S/C45H52N4O10/c1-26-10-17-35-44(3,33(26)16-13-28-19-21-53-41(28)52)20-18-36-45(35,4)25-56-43(58-36)30-11-14-32(15-12-30)54-23-31-22-49(48-47-31)40-37(46-27(2)50)38(51)39-34(57-40)24-55-42(59-39)29-8-6-5-7-9-29/h5-9,11-16,19,22,33-40,42-43,51H,1,10,17-18,20-21,23-25H2,2-4H3,(H,46,50)/b16-13+/t33-,34?,35+,36?,37?,38?,39?,40?,42?,43?,44+,45+/m1/s1. The Labute approximate surface area is 343 Å². The van der Waals surface area contributed by atoms with Crippen molar-refractivity contribution in [2.24, 2.45) is 22.7 Å². The number of rotatable bonds is 9. The molecule has 3 saturated heterocycles. The van der Waals surface area contributed by atoms with Gasteiger partial charge in [-0.2, -0.15) is 0 Å². The highest BCUT2D eigenvalue weighted by atomic mass is 16.7. The zero-order chi connectivity index (χ0) is 40.9. The molecule has 2 saturated carbocycles. The van der Waals surface area contributed by atoms with Crippen molar-refractivity contribution in [1.82, 2.24) is 20.3 Å². The minimum atomic E-state index is -1.11. The molecule has 2 N–H and O–H groups in total. The smallest absolute Gasteiger partial charge is 0.338 e. The van der Waals surface area contributed by atoms with E-state index in [-0.39, 0.29) is 47.9 Å². The van der Waals surface area contributed by atoms with Gasteiger partial charge in [-0.25, -0.2) is 9.48 Å². The maximum atomic E-state index is 12.3. The number of aliphatic hydroxyl groups is 1. The highest BCUT2D eigenvalue weighted by molar-refractivity contribution is 5.93. The van der Waals surface area contributed by atoms with Crippen LogP contribution < -0.4 is 10.1 Å². The van der Waals surface area contributed by atoms with Crippen molar-refractivity contribution in [2.75, 3.05) is 19.8 Å². The molecule has 312 valence electrons. The van der Waals surface area contributed by atoms with E-state index in [0.29, 0.717) is 36.1 Å². The molecule has 14 nitrogen and oxygen atoms in total. The first-order chi connectivity index (χ1) is 28.5. The second-order valence-electron chi connectivity index (χ2n) is 17.2. The summed E-state index contributed by atoms with van der Waals surface area (Å²) >= 11 is 0. The molecule has 3 aromatic rings. The quantitative estimate of drug-likeness (QED) is 0.205. The van der Waals surface area contributed by atoms with Gasteiger partial charge in [0.05, 0.1) is 31.1 Å². The first kappa shape index (κ1) is 39.7. The fraction of sp³-hybridized carbons (Fsp3) is 0.511. The van der Waals surface area contributed by atoms with E-state index in [4.69, 9.17) is 33.2 Å². The van der Waals surface area contributed by atoms with E-state index in [1.165, 1.54) is 17.2 Å². The zero-order valence-corrected chi connectivity index (χ0v) is 33.6. The van der Waals surface area contributed by atoms with E-state index < -0.39 is 43.2 Å². The molecule has 5 heterocycles. The van der Waals surface area contributed by atoms with E-state index in [0.717, 1.165) is 36.8 Å². The molecule has 2 aromatic carbocycles. The molecule has 0 spiro atoms. The summed E-state index contributed by atoms with van der Waals surface area (Å²) in [7, 11) is 0. The van der Waals surface area contributed by atoms with E-state index in [1.807, 2.05) is 66.7 Å². The lowest BCUT2D eigenvalue weighted by molar-refractivity contribution is -0.324. The molecule has 12 atom stereocenters. The van der Waals surface area contributed by atoms with Gasteiger partial charge in [0.25, 0.3) is 0 Å². The normalized spacial score (nSPS) is 36.8. The Balaban J connectivity index is 0.813. The van der Waals surface area contributed by atoms with Crippen LogP contribution in [0.15, 0.2) is 96.7 Å². The third-order valence-corrected chi connectivity index (χ3v) is 13.4. The van der Waals surface area contributed by atoms with Crippen LogP contribution in [0.4, 0.5) is 0 Å². The molecule has 0 radical (unpaired) electrons. The lowest BCUT2D eigenvalue weighted by Crippen LogP contribution is -2.64. The third kappa shape index (κ3) is 7.55. The van der Waals surface area contributed by atoms with Gasteiger partial charge < -0.3 is 43.6 Å². The first-order valence-electron chi connectivity index (χ1n) is 20.6. The van der Waals surface area contributed by atoms with Gasteiger partial charge in [0.2, 0.25) is 5.91 Å². The monoisotopic (exact) mass is 808 g/mol. The summed E-state index contributed by atoms with van der Waals surface area (Å²) in [4.78, 5) is 24.4. The molecule has 4 aliphatic heterocycles. The van der Waals surface area contributed by atoms with Crippen LogP contribution in [0.25, 0.3) is 0 Å². The highest BCUT2D eigenvalue weighted by Gasteiger charge is 2.60. The van der Waals surface area contributed by atoms with Crippen LogP contribution in [0.5, 0.6) is 5.75 Å². The number of amides is 1. The summed E-state index contributed by atoms with van der Waals surface area (Å²) in [5.74, 6) is 0.549. The van der Waals surface area contributed by atoms with E-state index in [1.54, 1.807) is 6.20 Å². The maximum absolute atomic E-state index is 12.3. The number of nitrogens with zero attached hydrogens (tertiary/aromatic N) is 3. The molecule has 0 bridgehead atoms. The molecular formula is C45H52N4O10. The predicted molar refractivity (Wildman–Crippen MR) is 211 cm³/mol. The number of aromatic nitrogens is 3. The number of nitrogens with one attached hydrogen (secondary N) is 1. The van der Waals surface area contributed by atoms with Crippen molar-refractivity contribution in [2.45, 2.75) is 102 Å². The van der Waals surface area contributed by atoms with Crippen molar-refractivity contribution in [3.05, 3.63) is 114 Å². The van der Waals surface area contributed by atoms with Crippen molar-refractivity contribution < 1.29 is 47.9 Å². The topological polar surface area (TPSA) is 162 Å². The van der Waals surface area contributed by atoms with Crippen molar-refractivity contribution in [3.8, 4) is 5.75 Å². The molecule has 8 unspecified atom stereocenters. The molecule has 5 fully saturated rings. The Morgan fingerprint density at radius 1 is 1.03 bits per heavy atom. The predicted octanol–water partition coefficient (Wildman–Crippen LogP) is 5.58. The molecule has 1 aromatic heterocycles. The van der Waals surface area contributed by atoms with Crippen LogP contribution in [0.3, 0.4) is 0 Å². The number of hydrogen-bond acceptors (Lipinski definition) is 12. The van der Waals surface area contributed by atoms with Gasteiger partial charge in [-0.3, -0.25) is 4.79 Å². The number of fused-ring (bicyclic) bond motifs is 4. The van der Waals surface area contributed by atoms with Crippen molar-refractivity contribution >= 4 is 11.9 Å². The maximum Gasteiger partial charge on any atom is 0.338 e. The largest absolute Gasteiger partial charge is 0.487 e. The van der Waals surface area contributed by atoms with Gasteiger partial charge in [-0.15, -0.1) is 5.10 Å². The zero-order valence-electron chi connectivity index (χ0n) is 33.6. The number of allylic oxidation sites excluding steroid dienone is 2. The Bertz CT molecular complexity index is 2110. The number of carbonyl (C=O) groups excluding carboxylic acids is 2. The summed E-state index contributed by atoms with van der Waals surface area (Å²) in [6.07, 6.45) is 7.00. The summed E-state index contributed by atoms with van der Waals surface area (Å²) in [5, 5.41) is 22.9. The van der Waals surface area contributed by atoms with E-state index >= 15 is 0 Å². The molecule has 59 heavy (non-hydrogen) atoms. The third-order valence-electron chi connectivity index (χ3n) is 13.4. The van der Waals surface area contributed by atoms with Crippen LogP contribution in [0.2, 0.25) is 0 Å². The summed E-state index contributed by atoms with van der Waals surface area (Å²) in [6.45, 7) is 11.8. The SMILES string of the molecule is C=C1CC[C@H]2[C@@](C)(CCC3OC(c4ccc(OCc5cn(C6OC7COC(c8ccccc8)OC7C(O)C6NC(C)=O)nn5)cc4)OC[C@]32C)[C@@H]1/C=C/C1=CCOC1=O. The Hall–Kier alpha value is -4.70. The van der Waals surface area contributed by atoms with Crippen molar-refractivity contribution in [3.63, 3.8) is 0 Å². The second kappa shape index (κ2) is 16.1. The first-order valence-corrected chi connectivity index (χ1v) is 20.6. The fourth-order valence-electron chi connectivity index (χ4n) is 10.4. The second-order valence-corrected chi connectivity index (χ2v) is 17.2. The van der Waals surface area contributed by atoms with Gasteiger partial charge in [-0.1, -0.05) is 85.8 Å². The summed E-state index contributed by atoms with van der Waals surface area (Å²) in [6, 6.07) is 16.3. The van der Waals surface area contributed by atoms with Crippen LogP contribution in [0.1, 0.15) is 82.1 Å². The molecule has 2 aliphatic carbocycles.